The van der Waals surface area contributed by atoms with Crippen LogP contribution < -0.4 is 10.9 Å². The number of pyridine rings is 1. The van der Waals surface area contributed by atoms with Crippen molar-refractivity contribution < 1.29 is 0 Å². The summed E-state index contributed by atoms with van der Waals surface area (Å²) in [4.78, 5) is 33.1. The minimum absolute atomic E-state index is 0.0747. The molecule has 5 rings (SSSR count). The highest BCUT2D eigenvalue weighted by molar-refractivity contribution is 5.77. The van der Waals surface area contributed by atoms with Gasteiger partial charge in [-0.15, -0.1) is 0 Å². The van der Waals surface area contributed by atoms with Gasteiger partial charge in [0.2, 0.25) is 12.5 Å². The molecule has 196 valence electrons. The zero-order chi connectivity index (χ0) is 27.0. The lowest BCUT2D eigenvalue weighted by Crippen LogP contribution is -2.32. The summed E-state index contributed by atoms with van der Waals surface area (Å²) < 4.78 is 3.61. The first-order valence-electron chi connectivity index (χ1n) is 13.1. The van der Waals surface area contributed by atoms with Crippen LogP contribution in [-0.4, -0.2) is 48.8 Å². The van der Waals surface area contributed by atoms with Gasteiger partial charge in [-0.1, -0.05) is 26.8 Å². The largest absolute Gasteiger partial charge is 0.324 e. The third-order valence-electron chi connectivity index (χ3n) is 6.95. The van der Waals surface area contributed by atoms with Gasteiger partial charge in [-0.2, -0.15) is 4.98 Å². The molecule has 0 bridgehead atoms. The van der Waals surface area contributed by atoms with Crippen LogP contribution in [-0.2, 0) is 18.4 Å². The summed E-state index contributed by atoms with van der Waals surface area (Å²) in [7, 11) is 0. The molecule has 0 saturated carbocycles. The van der Waals surface area contributed by atoms with Gasteiger partial charge >= 0.3 is 0 Å². The first-order chi connectivity index (χ1) is 18.2. The molecule has 0 aliphatic carbocycles. The maximum atomic E-state index is 13.4. The molecule has 0 unspecified atom stereocenters. The summed E-state index contributed by atoms with van der Waals surface area (Å²) in [6.07, 6.45) is 4.34. The van der Waals surface area contributed by atoms with Crippen molar-refractivity contribution in [3.05, 3.63) is 81.3 Å². The van der Waals surface area contributed by atoms with Crippen molar-refractivity contribution in [1.29, 1.82) is 0 Å². The number of aromatic nitrogens is 5. The minimum Gasteiger partial charge on any atom is -0.324 e. The molecule has 4 aromatic rings. The number of hydrogen-bond donors (Lipinski definition) is 1. The first-order valence-corrected chi connectivity index (χ1v) is 13.1. The van der Waals surface area contributed by atoms with Gasteiger partial charge in [-0.3, -0.25) is 14.7 Å². The molecule has 38 heavy (non-hydrogen) atoms. The van der Waals surface area contributed by atoms with Crippen molar-refractivity contribution in [1.82, 2.24) is 29.2 Å². The van der Waals surface area contributed by atoms with E-state index in [2.05, 4.69) is 57.9 Å². The van der Waals surface area contributed by atoms with Crippen molar-refractivity contribution >= 4 is 22.7 Å². The van der Waals surface area contributed by atoms with Crippen LogP contribution >= 0.6 is 0 Å². The van der Waals surface area contributed by atoms with Crippen molar-refractivity contribution in [2.24, 2.45) is 0 Å². The summed E-state index contributed by atoms with van der Waals surface area (Å²) in [5.41, 5.74) is 5.58. The molecule has 1 aliphatic heterocycles. The van der Waals surface area contributed by atoms with Crippen molar-refractivity contribution in [3.63, 3.8) is 0 Å². The summed E-state index contributed by atoms with van der Waals surface area (Å²) in [5.74, 6) is 0.437. The van der Waals surface area contributed by atoms with E-state index >= 15 is 0 Å². The molecule has 1 N–H and O–H groups in total. The quantitative estimate of drug-likeness (QED) is 0.372. The van der Waals surface area contributed by atoms with Crippen molar-refractivity contribution in [2.75, 3.05) is 25.0 Å². The Labute approximate surface area is 223 Å². The molecule has 3 aromatic heterocycles. The number of rotatable bonds is 6. The van der Waals surface area contributed by atoms with E-state index < -0.39 is 0 Å². The Kier molecular flexibility index (Phi) is 6.76. The molecule has 0 atom stereocenters. The molecular formula is C29H34N8O. The summed E-state index contributed by atoms with van der Waals surface area (Å²) >= 11 is 0. The van der Waals surface area contributed by atoms with E-state index in [-0.39, 0.29) is 17.0 Å². The lowest BCUT2D eigenvalue weighted by atomic mass is 9.91. The molecule has 0 saturated heterocycles. The van der Waals surface area contributed by atoms with Gasteiger partial charge in [0.05, 0.1) is 12.2 Å². The maximum Gasteiger partial charge on any atom is 0.278 e. The summed E-state index contributed by atoms with van der Waals surface area (Å²) in [6, 6.07) is 10.2. The zero-order valence-corrected chi connectivity index (χ0v) is 22.7. The van der Waals surface area contributed by atoms with E-state index in [1.807, 2.05) is 36.7 Å². The number of benzene rings is 1. The second-order valence-electron chi connectivity index (χ2n) is 11.2. The number of nitrogens with zero attached hydrogens (tertiary/aromatic N) is 7. The fourth-order valence-electron chi connectivity index (χ4n) is 4.94. The number of fused-ring (bicyclic) bond motifs is 2. The summed E-state index contributed by atoms with van der Waals surface area (Å²) in [6.45, 7) is 20.5. The van der Waals surface area contributed by atoms with Crippen molar-refractivity contribution in [2.45, 2.75) is 59.0 Å². The van der Waals surface area contributed by atoms with E-state index in [0.717, 1.165) is 43.1 Å². The van der Waals surface area contributed by atoms with Gasteiger partial charge in [-0.25, -0.2) is 20.9 Å². The highest BCUT2D eigenvalue weighted by atomic mass is 16.1. The van der Waals surface area contributed by atoms with Crippen LogP contribution in [0.3, 0.4) is 0 Å². The third kappa shape index (κ3) is 4.92. The first kappa shape index (κ1) is 25.6. The number of anilines is 2. The highest BCUT2D eigenvalue weighted by Crippen LogP contribution is 2.27. The van der Waals surface area contributed by atoms with E-state index in [1.165, 1.54) is 11.1 Å². The Balaban J connectivity index is 1.52. The van der Waals surface area contributed by atoms with E-state index in [0.29, 0.717) is 23.5 Å². The molecule has 1 aliphatic rings. The summed E-state index contributed by atoms with van der Waals surface area (Å²) in [5, 5.41) is 3.83. The van der Waals surface area contributed by atoms with E-state index in [9.17, 15) is 4.79 Å². The second-order valence-corrected chi connectivity index (χ2v) is 11.2. The van der Waals surface area contributed by atoms with Gasteiger partial charge in [0.1, 0.15) is 5.39 Å². The Bertz CT molecular complexity index is 1590. The molecule has 9 nitrogen and oxygen atoms in total. The molecule has 1 aromatic carbocycles. The smallest absolute Gasteiger partial charge is 0.278 e. The highest BCUT2D eigenvalue weighted by Gasteiger charge is 2.22. The number of nitrogens with one attached hydrogen (secondary N) is 1. The van der Waals surface area contributed by atoms with Crippen LogP contribution in [0.15, 0.2) is 47.5 Å². The van der Waals surface area contributed by atoms with Gasteiger partial charge in [0.25, 0.3) is 5.56 Å². The van der Waals surface area contributed by atoms with Gasteiger partial charge in [0, 0.05) is 48.3 Å². The topological polar surface area (TPSA) is 85.2 Å². The van der Waals surface area contributed by atoms with Crippen molar-refractivity contribution in [3.8, 4) is 5.69 Å². The molecule has 0 spiro atoms. The van der Waals surface area contributed by atoms with Gasteiger partial charge < -0.3 is 10.2 Å². The SMILES string of the molecule is [C-]#[N+]CCN1CCc2cc(Nc3ncc4c(=O)n(C(C)C)n(-c5ccnc(C(C)(C)C)c5)c4n3)ccc2C1. The van der Waals surface area contributed by atoms with E-state index in [1.54, 1.807) is 17.1 Å². The van der Waals surface area contributed by atoms with Crippen LogP contribution in [0.25, 0.3) is 21.6 Å². The fraction of sp³-hybridized carbons (Fsp3) is 0.414. The lowest BCUT2D eigenvalue weighted by Gasteiger charge is -2.27. The van der Waals surface area contributed by atoms with Crippen LogP contribution in [0.4, 0.5) is 11.6 Å². The monoisotopic (exact) mass is 510 g/mol. The van der Waals surface area contributed by atoms with Gasteiger partial charge in [0.15, 0.2) is 5.65 Å². The molecular weight excluding hydrogens is 476 g/mol. The maximum absolute atomic E-state index is 13.4. The molecule has 9 heteroatoms. The lowest BCUT2D eigenvalue weighted by molar-refractivity contribution is 0.266. The standard InChI is InChI=1S/C29H34N8O/c1-19(2)36-27(38)24-17-32-28(34-26(24)37(36)23-9-11-31-25(16-23)29(3,4)5)33-22-8-7-21-18-35(14-12-30-6)13-10-20(21)15-22/h7-9,11,15-17,19H,10,12-14,18H2,1-5H3,(H,32,33,34). The Morgan fingerprint density at radius 1 is 1.13 bits per heavy atom. The number of hydrogen-bond acceptors (Lipinski definition) is 6. The molecule has 0 fully saturated rings. The fourth-order valence-corrected chi connectivity index (χ4v) is 4.94. The Morgan fingerprint density at radius 2 is 1.95 bits per heavy atom. The van der Waals surface area contributed by atoms with Gasteiger partial charge in [-0.05, 0) is 55.7 Å². The Morgan fingerprint density at radius 3 is 2.68 bits per heavy atom. The van der Waals surface area contributed by atoms with Crippen LogP contribution in [0.5, 0.6) is 0 Å². The van der Waals surface area contributed by atoms with Crippen LogP contribution in [0.2, 0.25) is 0 Å². The van der Waals surface area contributed by atoms with Crippen LogP contribution in [0, 0.1) is 6.57 Å². The molecule has 0 radical (unpaired) electrons. The minimum atomic E-state index is -0.135. The van der Waals surface area contributed by atoms with E-state index in [4.69, 9.17) is 11.6 Å². The molecule has 4 heterocycles. The normalized spacial score (nSPS) is 14.0. The molecule has 0 amide bonds. The zero-order valence-electron chi connectivity index (χ0n) is 22.7. The van der Waals surface area contributed by atoms with Crippen LogP contribution in [0.1, 0.15) is 57.5 Å². The second kappa shape index (κ2) is 10.0. The average molecular weight is 511 g/mol. The predicted octanol–water partition coefficient (Wildman–Crippen LogP) is 4.88. The third-order valence-corrected chi connectivity index (χ3v) is 6.95. The average Bonchev–Trinajstić information content (AvgIpc) is 3.18. The Hall–Kier alpha value is -4.03. The predicted molar refractivity (Wildman–Crippen MR) is 150 cm³/mol.